The van der Waals surface area contributed by atoms with E-state index in [0.717, 1.165) is 21.7 Å². The average molecular weight is 492 g/mol. The first-order valence-electron chi connectivity index (χ1n) is 11.2. The Bertz CT molecular complexity index is 1120. The van der Waals surface area contributed by atoms with E-state index in [1.165, 1.54) is 23.1 Å². The van der Waals surface area contributed by atoms with Crippen molar-refractivity contribution in [2.75, 3.05) is 17.1 Å². The normalized spacial score (nSPS) is 13.1. The molecule has 0 spiro atoms. The molecule has 1 N–H and O–H groups in total. The van der Waals surface area contributed by atoms with Crippen molar-refractivity contribution in [1.29, 1.82) is 0 Å². The van der Waals surface area contributed by atoms with Gasteiger partial charge in [-0.05, 0) is 63.4 Å². The molecule has 0 radical (unpaired) electrons. The van der Waals surface area contributed by atoms with Crippen LogP contribution in [0.3, 0.4) is 0 Å². The number of halogens is 1. The third kappa shape index (κ3) is 7.28. The number of sulfonamides is 1. The number of amides is 2. The van der Waals surface area contributed by atoms with Crippen LogP contribution in [0.5, 0.6) is 0 Å². The first-order chi connectivity index (χ1) is 15.8. The minimum Gasteiger partial charge on any atom is -0.352 e. The van der Waals surface area contributed by atoms with Gasteiger partial charge < -0.3 is 10.2 Å². The number of benzene rings is 2. The first kappa shape index (κ1) is 27.3. The topological polar surface area (TPSA) is 86.8 Å². The van der Waals surface area contributed by atoms with E-state index in [-0.39, 0.29) is 18.2 Å². The van der Waals surface area contributed by atoms with Crippen LogP contribution in [0.15, 0.2) is 42.5 Å². The quantitative estimate of drug-likeness (QED) is 0.551. The number of hydrogen-bond acceptors (Lipinski definition) is 4. The van der Waals surface area contributed by atoms with Crippen LogP contribution in [0.4, 0.5) is 10.1 Å². The molecule has 2 aromatic carbocycles. The van der Waals surface area contributed by atoms with Crippen molar-refractivity contribution in [2.45, 2.75) is 59.7 Å². The number of carbonyl (C=O) groups excluding carboxylic acids is 2. The van der Waals surface area contributed by atoms with E-state index in [9.17, 15) is 22.4 Å². The molecule has 2 rings (SSSR count). The highest BCUT2D eigenvalue weighted by atomic mass is 32.2. The van der Waals surface area contributed by atoms with Crippen LogP contribution in [-0.4, -0.2) is 50.0 Å². The van der Waals surface area contributed by atoms with Crippen LogP contribution >= 0.6 is 0 Å². The maximum Gasteiger partial charge on any atom is 0.244 e. The van der Waals surface area contributed by atoms with Crippen molar-refractivity contribution in [1.82, 2.24) is 10.2 Å². The molecule has 2 atom stereocenters. The molecule has 0 heterocycles. The minimum atomic E-state index is -3.82. The molecule has 0 bridgehead atoms. The Morgan fingerprint density at radius 3 is 2.18 bits per heavy atom. The van der Waals surface area contributed by atoms with E-state index in [1.54, 1.807) is 25.1 Å². The molecule has 0 aliphatic carbocycles. The Balaban J connectivity index is 2.43. The maximum atomic E-state index is 14.4. The van der Waals surface area contributed by atoms with Gasteiger partial charge in [-0.1, -0.05) is 31.2 Å². The fraction of sp³-hybridized carbons (Fsp3) is 0.440. The average Bonchev–Trinajstić information content (AvgIpc) is 2.74. The second-order valence-corrected chi connectivity index (χ2v) is 10.6. The summed E-state index contributed by atoms with van der Waals surface area (Å²) in [6.45, 7) is 8.31. The van der Waals surface area contributed by atoms with Crippen molar-refractivity contribution >= 4 is 27.5 Å². The molecule has 0 aliphatic rings. The van der Waals surface area contributed by atoms with Crippen molar-refractivity contribution in [2.24, 2.45) is 0 Å². The summed E-state index contributed by atoms with van der Waals surface area (Å²) < 4.78 is 40.7. The molecule has 0 fully saturated rings. The number of aryl methyl sites for hydroxylation is 2. The van der Waals surface area contributed by atoms with Crippen molar-refractivity contribution in [3.63, 3.8) is 0 Å². The van der Waals surface area contributed by atoms with Gasteiger partial charge in [0.2, 0.25) is 21.8 Å². The fourth-order valence-electron chi connectivity index (χ4n) is 3.57. The van der Waals surface area contributed by atoms with Gasteiger partial charge >= 0.3 is 0 Å². The zero-order chi connectivity index (χ0) is 25.6. The van der Waals surface area contributed by atoms with E-state index in [2.05, 4.69) is 5.32 Å². The van der Waals surface area contributed by atoms with Crippen LogP contribution in [0, 0.1) is 19.7 Å². The van der Waals surface area contributed by atoms with E-state index in [1.807, 2.05) is 33.8 Å². The summed E-state index contributed by atoms with van der Waals surface area (Å²) in [4.78, 5) is 27.5. The van der Waals surface area contributed by atoms with E-state index in [4.69, 9.17) is 0 Å². The van der Waals surface area contributed by atoms with Gasteiger partial charge in [0.25, 0.3) is 0 Å². The number of rotatable bonds is 10. The SMILES string of the molecule is CC[C@@H](C)NC(=O)[C@H](C)N(Cc1ccccc1F)C(=O)CN(c1cc(C)cc(C)c1)S(C)(=O)=O. The van der Waals surface area contributed by atoms with Gasteiger partial charge in [0.05, 0.1) is 11.9 Å². The monoisotopic (exact) mass is 491 g/mol. The molecule has 2 amide bonds. The molecule has 0 aromatic heterocycles. The van der Waals surface area contributed by atoms with Crippen molar-refractivity contribution in [3.8, 4) is 0 Å². The van der Waals surface area contributed by atoms with Crippen LogP contribution in [0.2, 0.25) is 0 Å². The highest BCUT2D eigenvalue weighted by Gasteiger charge is 2.31. The Morgan fingerprint density at radius 2 is 1.65 bits per heavy atom. The molecule has 0 saturated heterocycles. The highest BCUT2D eigenvalue weighted by Crippen LogP contribution is 2.22. The second-order valence-electron chi connectivity index (χ2n) is 8.72. The lowest BCUT2D eigenvalue weighted by Gasteiger charge is -2.32. The Labute approximate surface area is 202 Å². The summed E-state index contributed by atoms with van der Waals surface area (Å²) in [7, 11) is -3.82. The zero-order valence-electron chi connectivity index (χ0n) is 20.6. The summed E-state index contributed by atoms with van der Waals surface area (Å²) in [6, 6.07) is 10.2. The third-order valence-corrected chi connectivity index (χ3v) is 6.78. The first-order valence-corrected chi connectivity index (χ1v) is 13.1. The van der Waals surface area contributed by atoms with Crippen LogP contribution < -0.4 is 9.62 Å². The Hall–Kier alpha value is -2.94. The number of anilines is 1. The van der Waals surface area contributed by atoms with Gasteiger partial charge in [-0.3, -0.25) is 13.9 Å². The molecule has 2 aromatic rings. The molecular formula is C25H34FN3O4S. The maximum absolute atomic E-state index is 14.4. The van der Waals surface area contributed by atoms with Gasteiger partial charge in [0, 0.05) is 18.2 Å². The molecule has 9 heteroatoms. The molecule has 0 unspecified atom stereocenters. The van der Waals surface area contributed by atoms with Gasteiger partial charge in [0.1, 0.15) is 18.4 Å². The summed E-state index contributed by atoms with van der Waals surface area (Å²) in [6.07, 6.45) is 1.73. The predicted molar refractivity (Wildman–Crippen MR) is 132 cm³/mol. The largest absolute Gasteiger partial charge is 0.352 e. The second kappa shape index (κ2) is 11.5. The molecule has 0 saturated carbocycles. The van der Waals surface area contributed by atoms with Crippen molar-refractivity contribution in [3.05, 3.63) is 65.0 Å². The molecule has 34 heavy (non-hydrogen) atoms. The Kier molecular flexibility index (Phi) is 9.21. The minimum absolute atomic E-state index is 0.108. The molecule has 0 aliphatic heterocycles. The lowest BCUT2D eigenvalue weighted by atomic mass is 10.1. The predicted octanol–water partition coefficient (Wildman–Crippen LogP) is 3.54. The summed E-state index contributed by atoms with van der Waals surface area (Å²) in [5, 5.41) is 2.84. The number of nitrogens with one attached hydrogen (secondary N) is 1. The lowest BCUT2D eigenvalue weighted by molar-refractivity contribution is -0.139. The van der Waals surface area contributed by atoms with E-state index < -0.39 is 40.2 Å². The number of carbonyl (C=O) groups is 2. The molecular weight excluding hydrogens is 457 g/mol. The highest BCUT2D eigenvalue weighted by molar-refractivity contribution is 7.92. The van der Waals surface area contributed by atoms with Gasteiger partial charge in [-0.15, -0.1) is 0 Å². The summed E-state index contributed by atoms with van der Waals surface area (Å²) >= 11 is 0. The number of hydrogen-bond donors (Lipinski definition) is 1. The standard InChI is InChI=1S/C25H34FN3O4S/c1-7-19(4)27-25(31)20(5)28(15-21-10-8-9-11-23(21)26)24(30)16-29(34(6,32)33)22-13-17(2)12-18(3)14-22/h8-14,19-20H,7,15-16H2,1-6H3,(H,27,31)/t19-,20+/m1/s1. The number of nitrogens with zero attached hydrogens (tertiary/aromatic N) is 2. The Morgan fingerprint density at radius 1 is 1.06 bits per heavy atom. The van der Waals surface area contributed by atoms with Crippen molar-refractivity contribution < 1.29 is 22.4 Å². The fourth-order valence-corrected chi connectivity index (χ4v) is 4.40. The lowest BCUT2D eigenvalue weighted by Crippen LogP contribution is -2.52. The molecule has 186 valence electrons. The van der Waals surface area contributed by atoms with E-state index >= 15 is 0 Å². The van der Waals surface area contributed by atoms with E-state index in [0.29, 0.717) is 12.1 Å². The van der Waals surface area contributed by atoms with Crippen LogP contribution in [0.1, 0.15) is 43.9 Å². The van der Waals surface area contributed by atoms with Crippen LogP contribution in [0.25, 0.3) is 0 Å². The van der Waals surface area contributed by atoms with Crippen LogP contribution in [-0.2, 0) is 26.2 Å². The summed E-state index contributed by atoms with van der Waals surface area (Å²) in [5.74, 6) is -1.51. The van der Waals surface area contributed by atoms with Gasteiger partial charge in [-0.25, -0.2) is 12.8 Å². The van der Waals surface area contributed by atoms with Gasteiger partial charge in [0.15, 0.2) is 0 Å². The molecule has 7 nitrogen and oxygen atoms in total. The summed E-state index contributed by atoms with van der Waals surface area (Å²) in [5.41, 5.74) is 2.29. The zero-order valence-corrected chi connectivity index (χ0v) is 21.4. The van der Waals surface area contributed by atoms with Gasteiger partial charge in [-0.2, -0.15) is 0 Å². The smallest absolute Gasteiger partial charge is 0.244 e. The third-order valence-electron chi connectivity index (χ3n) is 5.64.